The molecule has 0 amide bonds. The van der Waals surface area contributed by atoms with Crippen LogP contribution in [0.25, 0.3) is 10.9 Å². The Bertz CT molecular complexity index is 634. The fourth-order valence-electron chi connectivity index (χ4n) is 1.64. The van der Waals surface area contributed by atoms with Crippen LogP contribution >= 0.6 is 11.8 Å². The Hall–Kier alpha value is -1.73. The van der Waals surface area contributed by atoms with Crippen molar-refractivity contribution in [3.05, 3.63) is 29.5 Å². The molecule has 0 bridgehead atoms. The number of aromatic amines is 1. The van der Waals surface area contributed by atoms with Crippen LogP contribution in [0.2, 0.25) is 0 Å². The molecule has 0 aliphatic rings. The van der Waals surface area contributed by atoms with Gasteiger partial charge in [0.15, 0.2) is 5.12 Å². The maximum Gasteiger partial charge on any atom is 0.185 e. The second-order valence-corrected chi connectivity index (χ2v) is 5.29. The van der Waals surface area contributed by atoms with Crippen molar-refractivity contribution >= 4 is 27.8 Å². The number of nitrogens with zero attached hydrogens (tertiary/aromatic N) is 1. The summed E-state index contributed by atoms with van der Waals surface area (Å²) in [6.45, 7) is 3.61. The molecule has 0 fully saturated rings. The Morgan fingerprint density at radius 3 is 3.11 bits per heavy atom. The fourth-order valence-corrected chi connectivity index (χ4v) is 2.13. The number of fused-ring (bicyclic) bond motifs is 1. The molecule has 1 N–H and O–H groups in total. The molecule has 4 heteroatoms. The third kappa shape index (κ3) is 3.14. The number of hydrogen-bond donors (Lipinski definition) is 1. The van der Waals surface area contributed by atoms with E-state index in [4.69, 9.17) is 0 Å². The van der Waals surface area contributed by atoms with Crippen LogP contribution in [0.5, 0.6) is 0 Å². The Morgan fingerprint density at radius 1 is 1.50 bits per heavy atom. The van der Waals surface area contributed by atoms with Crippen molar-refractivity contribution in [2.45, 2.75) is 20.3 Å². The molecule has 0 aliphatic carbocycles. The van der Waals surface area contributed by atoms with Crippen molar-refractivity contribution in [2.75, 3.05) is 5.75 Å². The number of nitrogens with one attached hydrogen (secondary N) is 1. The third-order valence-corrected chi connectivity index (χ3v) is 3.36. The van der Waals surface area contributed by atoms with E-state index in [0.717, 1.165) is 34.2 Å². The molecule has 1 heterocycles. The molecule has 18 heavy (non-hydrogen) atoms. The number of thioether (sulfide) groups is 1. The smallest absolute Gasteiger partial charge is 0.185 e. The summed E-state index contributed by atoms with van der Waals surface area (Å²) in [4.78, 5) is 10.8. The van der Waals surface area contributed by atoms with E-state index in [1.165, 1.54) is 11.8 Å². The lowest BCUT2D eigenvalue weighted by atomic mass is 10.1. The van der Waals surface area contributed by atoms with Gasteiger partial charge in [0.1, 0.15) is 0 Å². The van der Waals surface area contributed by atoms with Gasteiger partial charge in [0.2, 0.25) is 0 Å². The number of carbonyl (C=O) groups excluding carboxylic acids is 1. The average Bonchev–Trinajstić information content (AvgIpc) is 2.75. The molecule has 2 aromatic rings. The van der Waals surface area contributed by atoms with Gasteiger partial charge >= 0.3 is 0 Å². The molecule has 0 saturated carbocycles. The van der Waals surface area contributed by atoms with Crippen molar-refractivity contribution in [1.29, 1.82) is 0 Å². The molecule has 0 unspecified atom stereocenters. The zero-order valence-corrected chi connectivity index (χ0v) is 11.2. The van der Waals surface area contributed by atoms with Gasteiger partial charge in [-0.2, -0.15) is 5.10 Å². The van der Waals surface area contributed by atoms with Gasteiger partial charge in [0.05, 0.1) is 11.7 Å². The molecule has 2 rings (SSSR count). The molecule has 1 aromatic carbocycles. The van der Waals surface area contributed by atoms with Crippen LogP contribution in [0.3, 0.4) is 0 Å². The number of H-pyrrole nitrogens is 1. The summed E-state index contributed by atoms with van der Waals surface area (Å²) >= 11 is 1.32. The highest BCUT2D eigenvalue weighted by atomic mass is 32.2. The van der Waals surface area contributed by atoms with Gasteiger partial charge in [0.25, 0.3) is 0 Å². The second kappa shape index (κ2) is 5.74. The first-order valence-corrected chi connectivity index (χ1v) is 6.71. The minimum absolute atomic E-state index is 0.146. The third-order valence-electron chi connectivity index (χ3n) is 2.54. The van der Waals surface area contributed by atoms with Crippen molar-refractivity contribution in [3.8, 4) is 11.8 Å². The van der Waals surface area contributed by atoms with Gasteiger partial charge in [-0.25, -0.2) is 0 Å². The number of aryl methyl sites for hydroxylation is 1. The first-order valence-electron chi connectivity index (χ1n) is 5.73. The second-order valence-electron chi connectivity index (χ2n) is 4.02. The fraction of sp³-hybridized carbons (Fsp3) is 0.286. The van der Waals surface area contributed by atoms with Crippen molar-refractivity contribution < 1.29 is 4.79 Å². The SMILES string of the molecule is CC(=O)SCCC#Cc1cc2cn[nH]c2cc1C. The Balaban J connectivity index is 2.09. The van der Waals surface area contributed by atoms with E-state index in [-0.39, 0.29) is 5.12 Å². The lowest BCUT2D eigenvalue weighted by Crippen LogP contribution is -1.85. The predicted molar refractivity (Wildman–Crippen MR) is 75.5 cm³/mol. The zero-order chi connectivity index (χ0) is 13.0. The molecule has 0 radical (unpaired) electrons. The van der Waals surface area contributed by atoms with Gasteiger partial charge in [-0.05, 0) is 24.6 Å². The summed E-state index contributed by atoms with van der Waals surface area (Å²) in [5, 5.41) is 8.15. The number of benzene rings is 1. The van der Waals surface area contributed by atoms with Crippen LogP contribution in [-0.4, -0.2) is 21.1 Å². The van der Waals surface area contributed by atoms with E-state index >= 15 is 0 Å². The minimum atomic E-state index is 0.146. The highest BCUT2D eigenvalue weighted by Crippen LogP contribution is 2.16. The normalized spacial score (nSPS) is 10.1. The number of hydrogen-bond acceptors (Lipinski definition) is 3. The van der Waals surface area contributed by atoms with Crippen molar-refractivity contribution in [1.82, 2.24) is 10.2 Å². The van der Waals surface area contributed by atoms with E-state index in [1.807, 2.05) is 13.0 Å². The largest absolute Gasteiger partial charge is 0.288 e. The Morgan fingerprint density at radius 2 is 2.33 bits per heavy atom. The van der Waals surface area contributed by atoms with Crippen LogP contribution in [0, 0.1) is 18.8 Å². The maximum atomic E-state index is 10.8. The average molecular weight is 258 g/mol. The molecule has 3 nitrogen and oxygen atoms in total. The van der Waals surface area contributed by atoms with Crippen LogP contribution < -0.4 is 0 Å². The first-order chi connectivity index (χ1) is 8.66. The molecule has 0 spiro atoms. The lowest BCUT2D eigenvalue weighted by Gasteiger charge is -1.98. The first kappa shape index (κ1) is 12.7. The van der Waals surface area contributed by atoms with Crippen molar-refractivity contribution in [2.24, 2.45) is 0 Å². The topological polar surface area (TPSA) is 45.8 Å². The number of rotatable bonds is 2. The summed E-state index contributed by atoms with van der Waals surface area (Å²) in [7, 11) is 0. The number of aromatic nitrogens is 2. The molecular formula is C14H14N2OS. The summed E-state index contributed by atoms with van der Waals surface area (Å²) in [5.41, 5.74) is 3.19. The molecule has 0 aliphatic heterocycles. The van der Waals surface area contributed by atoms with E-state index in [9.17, 15) is 4.79 Å². The molecule has 1 aromatic heterocycles. The highest BCUT2D eigenvalue weighted by molar-refractivity contribution is 8.13. The standard InChI is InChI=1S/C14H14N2OS/c1-10-7-14-13(9-15-16-14)8-12(10)5-3-4-6-18-11(2)17/h7-9H,4,6H2,1-2H3,(H,15,16). The van der Waals surface area contributed by atoms with Gasteiger partial charge in [0, 0.05) is 30.0 Å². The van der Waals surface area contributed by atoms with Gasteiger partial charge in [-0.15, -0.1) is 0 Å². The summed E-state index contributed by atoms with van der Waals surface area (Å²) in [5.74, 6) is 7.01. The number of carbonyl (C=O) groups is 1. The van der Waals surface area contributed by atoms with E-state index in [1.54, 1.807) is 13.1 Å². The molecule has 92 valence electrons. The minimum Gasteiger partial charge on any atom is -0.288 e. The van der Waals surface area contributed by atoms with Gasteiger partial charge in [-0.3, -0.25) is 9.89 Å². The zero-order valence-electron chi connectivity index (χ0n) is 10.4. The van der Waals surface area contributed by atoms with Crippen LogP contribution in [-0.2, 0) is 4.79 Å². The lowest BCUT2D eigenvalue weighted by molar-refractivity contribution is -0.109. The predicted octanol–water partition coefficient (Wildman–Crippen LogP) is 2.89. The van der Waals surface area contributed by atoms with Crippen molar-refractivity contribution in [3.63, 3.8) is 0 Å². The summed E-state index contributed by atoms with van der Waals surface area (Å²) in [6, 6.07) is 4.09. The molecular weight excluding hydrogens is 244 g/mol. The highest BCUT2D eigenvalue weighted by Gasteiger charge is 2.00. The molecule has 0 atom stereocenters. The van der Waals surface area contributed by atoms with Crippen LogP contribution in [0.1, 0.15) is 24.5 Å². The molecule has 0 saturated heterocycles. The van der Waals surface area contributed by atoms with E-state index < -0.39 is 0 Å². The van der Waals surface area contributed by atoms with Gasteiger partial charge in [-0.1, -0.05) is 23.6 Å². The Labute approximate surface area is 110 Å². The quantitative estimate of drug-likeness (QED) is 0.665. The monoisotopic (exact) mass is 258 g/mol. The maximum absolute atomic E-state index is 10.8. The summed E-state index contributed by atoms with van der Waals surface area (Å²) in [6.07, 6.45) is 2.53. The van der Waals surface area contributed by atoms with Gasteiger partial charge < -0.3 is 0 Å². The van der Waals surface area contributed by atoms with E-state index in [2.05, 4.69) is 28.1 Å². The van der Waals surface area contributed by atoms with E-state index in [0.29, 0.717) is 0 Å². The van der Waals surface area contributed by atoms with Crippen LogP contribution in [0.4, 0.5) is 0 Å². The summed E-state index contributed by atoms with van der Waals surface area (Å²) < 4.78 is 0. The Kier molecular flexibility index (Phi) is 4.06. The van der Waals surface area contributed by atoms with Crippen LogP contribution in [0.15, 0.2) is 18.3 Å².